The van der Waals surface area contributed by atoms with Gasteiger partial charge in [-0.3, -0.25) is 9.59 Å². The zero-order valence-electron chi connectivity index (χ0n) is 18.8. The molecule has 0 radical (unpaired) electrons. The van der Waals surface area contributed by atoms with Gasteiger partial charge in [0, 0.05) is 25.2 Å². The fraction of sp³-hybridized carbons (Fsp3) is 0.462. The van der Waals surface area contributed by atoms with Crippen molar-refractivity contribution in [2.24, 2.45) is 0 Å². The molecule has 3 heterocycles. The molecule has 6 nitrogen and oxygen atoms in total. The molecule has 1 fully saturated rings. The molecule has 5 rings (SSSR count). The maximum atomic E-state index is 14.1. The summed E-state index contributed by atoms with van der Waals surface area (Å²) >= 11 is 0. The minimum absolute atomic E-state index is 0.0413. The zero-order chi connectivity index (χ0) is 22.2. The third-order valence-electron chi connectivity index (χ3n) is 7.21. The largest absolute Gasteiger partial charge is 0.493 e. The topological polar surface area (TPSA) is 59.1 Å². The number of fused-ring (bicyclic) bond motifs is 4. The van der Waals surface area contributed by atoms with Crippen molar-refractivity contribution in [3.05, 3.63) is 58.7 Å². The Labute approximate surface area is 189 Å². The predicted molar refractivity (Wildman–Crippen MR) is 121 cm³/mol. The van der Waals surface area contributed by atoms with Gasteiger partial charge in [-0.2, -0.15) is 0 Å². The molecular formula is C26H30N2O4. The molecule has 2 aromatic carbocycles. The van der Waals surface area contributed by atoms with Crippen molar-refractivity contribution in [3.8, 4) is 11.5 Å². The first-order chi connectivity index (χ1) is 15.6. The summed E-state index contributed by atoms with van der Waals surface area (Å²) in [5.41, 5.74) is 3.60. The van der Waals surface area contributed by atoms with Crippen LogP contribution in [-0.2, 0) is 11.2 Å². The highest BCUT2D eigenvalue weighted by atomic mass is 16.5. The second kappa shape index (κ2) is 8.49. The van der Waals surface area contributed by atoms with E-state index in [4.69, 9.17) is 9.47 Å². The van der Waals surface area contributed by atoms with Gasteiger partial charge in [-0.1, -0.05) is 37.1 Å². The summed E-state index contributed by atoms with van der Waals surface area (Å²) in [5, 5.41) is 0. The molecule has 1 saturated heterocycles. The van der Waals surface area contributed by atoms with Crippen LogP contribution in [0.3, 0.4) is 0 Å². The molecule has 0 aromatic heterocycles. The fourth-order valence-electron chi connectivity index (χ4n) is 5.60. The van der Waals surface area contributed by atoms with Crippen molar-refractivity contribution in [3.63, 3.8) is 0 Å². The SMILES string of the molecule is COc1cc2c(cc1OC)[C@H](C(=O)N1CCCCCC1)[C@@H]1c3ccccc3CCN1C2=O. The minimum atomic E-state index is -0.456. The van der Waals surface area contributed by atoms with E-state index in [1.165, 1.54) is 5.56 Å². The Morgan fingerprint density at radius 2 is 1.59 bits per heavy atom. The van der Waals surface area contributed by atoms with E-state index >= 15 is 0 Å². The van der Waals surface area contributed by atoms with Gasteiger partial charge in [0.15, 0.2) is 11.5 Å². The van der Waals surface area contributed by atoms with E-state index in [1.807, 2.05) is 28.0 Å². The van der Waals surface area contributed by atoms with Gasteiger partial charge in [0.05, 0.1) is 26.2 Å². The van der Waals surface area contributed by atoms with Gasteiger partial charge < -0.3 is 19.3 Å². The van der Waals surface area contributed by atoms with E-state index in [0.717, 1.165) is 56.3 Å². The lowest BCUT2D eigenvalue weighted by atomic mass is 9.75. The van der Waals surface area contributed by atoms with E-state index in [1.54, 1.807) is 20.3 Å². The first kappa shape index (κ1) is 20.9. The van der Waals surface area contributed by atoms with Gasteiger partial charge in [-0.05, 0) is 48.1 Å². The van der Waals surface area contributed by atoms with Gasteiger partial charge in [0.1, 0.15) is 0 Å². The van der Waals surface area contributed by atoms with Crippen LogP contribution in [0, 0.1) is 0 Å². The molecule has 3 aliphatic rings. The summed E-state index contributed by atoms with van der Waals surface area (Å²) in [4.78, 5) is 31.7. The first-order valence-electron chi connectivity index (χ1n) is 11.6. The van der Waals surface area contributed by atoms with Crippen molar-refractivity contribution in [2.75, 3.05) is 33.9 Å². The van der Waals surface area contributed by atoms with Gasteiger partial charge in [0.25, 0.3) is 5.91 Å². The van der Waals surface area contributed by atoms with Crippen LogP contribution in [0.1, 0.15) is 64.7 Å². The molecule has 3 aliphatic heterocycles. The summed E-state index contributed by atoms with van der Waals surface area (Å²) in [6.07, 6.45) is 5.17. The number of hydrogen-bond donors (Lipinski definition) is 0. The van der Waals surface area contributed by atoms with E-state index in [2.05, 4.69) is 12.1 Å². The summed E-state index contributed by atoms with van der Waals surface area (Å²) in [6.45, 7) is 2.17. The van der Waals surface area contributed by atoms with Crippen LogP contribution in [-0.4, -0.2) is 55.5 Å². The Bertz CT molecular complexity index is 1040. The van der Waals surface area contributed by atoms with Crippen molar-refractivity contribution < 1.29 is 19.1 Å². The molecule has 168 valence electrons. The van der Waals surface area contributed by atoms with Crippen LogP contribution in [0.4, 0.5) is 0 Å². The van der Waals surface area contributed by atoms with Crippen molar-refractivity contribution in [1.29, 1.82) is 0 Å². The second-order valence-electron chi connectivity index (χ2n) is 8.90. The van der Waals surface area contributed by atoms with Crippen LogP contribution in [0.15, 0.2) is 36.4 Å². The minimum Gasteiger partial charge on any atom is -0.493 e. The van der Waals surface area contributed by atoms with Gasteiger partial charge >= 0.3 is 0 Å². The molecule has 0 bridgehead atoms. The normalized spacial score (nSPS) is 22.4. The number of benzene rings is 2. The van der Waals surface area contributed by atoms with Crippen LogP contribution in [0.25, 0.3) is 0 Å². The number of carbonyl (C=O) groups excluding carboxylic acids is 2. The van der Waals surface area contributed by atoms with Gasteiger partial charge in [-0.25, -0.2) is 0 Å². The zero-order valence-corrected chi connectivity index (χ0v) is 18.8. The Hall–Kier alpha value is -3.02. The lowest BCUT2D eigenvalue weighted by molar-refractivity contribution is -0.134. The number of hydrogen-bond acceptors (Lipinski definition) is 4. The highest BCUT2D eigenvalue weighted by Crippen LogP contribution is 2.49. The van der Waals surface area contributed by atoms with E-state index in [-0.39, 0.29) is 17.9 Å². The van der Waals surface area contributed by atoms with Crippen LogP contribution >= 0.6 is 0 Å². The Kier molecular flexibility index (Phi) is 5.53. The summed E-state index contributed by atoms with van der Waals surface area (Å²) in [6, 6.07) is 11.5. The van der Waals surface area contributed by atoms with Crippen molar-refractivity contribution in [2.45, 2.75) is 44.1 Å². The maximum absolute atomic E-state index is 14.1. The molecule has 0 unspecified atom stereocenters. The van der Waals surface area contributed by atoms with Crippen LogP contribution in [0.2, 0.25) is 0 Å². The monoisotopic (exact) mass is 434 g/mol. The number of nitrogens with zero attached hydrogens (tertiary/aromatic N) is 2. The lowest BCUT2D eigenvalue weighted by Crippen LogP contribution is -2.51. The Balaban J connectivity index is 1.69. The van der Waals surface area contributed by atoms with Crippen LogP contribution < -0.4 is 9.47 Å². The highest BCUT2D eigenvalue weighted by Gasteiger charge is 2.48. The molecule has 6 heteroatoms. The summed E-state index contributed by atoms with van der Waals surface area (Å²) < 4.78 is 11.0. The molecule has 0 saturated carbocycles. The number of methoxy groups -OCH3 is 2. The molecule has 0 aliphatic carbocycles. The molecular weight excluding hydrogens is 404 g/mol. The smallest absolute Gasteiger partial charge is 0.254 e. The fourth-order valence-corrected chi connectivity index (χ4v) is 5.60. The molecule has 0 spiro atoms. The van der Waals surface area contributed by atoms with Gasteiger partial charge in [-0.15, -0.1) is 0 Å². The quantitative estimate of drug-likeness (QED) is 0.734. The highest BCUT2D eigenvalue weighted by molar-refractivity contribution is 6.02. The van der Waals surface area contributed by atoms with Crippen molar-refractivity contribution >= 4 is 11.8 Å². The van der Waals surface area contributed by atoms with E-state index in [9.17, 15) is 9.59 Å². The third kappa shape index (κ3) is 3.33. The van der Waals surface area contributed by atoms with Gasteiger partial charge in [0.2, 0.25) is 5.91 Å². The average molecular weight is 435 g/mol. The number of ether oxygens (including phenoxy) is 2. The number of amides is 2. The average Bonchev–Trinajstić information content (AvgIpc) is 3.13. The molecule has 32 heavy (non-hydrogen) atoms. The third-order valence-corrected chi connectivity index (χ3v) is 7.21. The maximum Gasteiger partial charge on any atom is 0.254 e. The Morgan fingerprint density at radius 1 is 0.906 bits per heavy atom. The summed E-state index contributed by atoms with van der Waals surface area (Å²) in [5.74, 6) is 0.670. The van der Waals surface area contributed by atoms with E-state index < -0.39 is 5.92 Å². The molecule has 0 N–H and O–H groups in total. The molecule has 2 aromatic rings. The summed E-state index contributed by atoms with van der Waals surface area (Å²) in [7, 11) is 3.15. The second-order valence-corrected chi connectivity index (χ2v) is 8.90. The molecule has 2 atom stereocenters. The predicted octanol–water partition coefficient (Wildman–Crippen LogP) is 3.94. The van der Waals surface area contributed by atoms with E-state index in [0.29, 0.717) is 23.6 Å². The van der Waals surface area contributed by atoms with Crippen LogP contribution in [0.5, 0.6) is 11.5 Å². The number of rotatable bonds is 3. The number of likely N-dealkylation sites (tertiary alicyclic amines) is 1. The molecule has 2 amide bonds. The number of carbonyl (C=O) groups is 2. The standard InChI is InChI=1S/C26H30N2O4/c1-31-21-15-19-20(16-22(21)32-2)25(29)28-14-11-17-9-5-6-10-18(17)24(28)23(19)26(30)27-12-7-3-4-8-13-27/h5-6,9-10,15-16,23-24H,3-4,7-8,11-14H2,1-2H3/t23-,24-/m0/s1. The Morgan fingerprint density at radius 3 is 2.31 bits per heavy atom. The lowest BCUT2D eigenvalue weighted by Gasteiger charge is -2.46. The van der Waals surface area contributed by atoms with Crippen molar-refractivity contribution in [1.82, 2.24) is 9.80 Å². The first-order valence-corrected chi connectivity index (χ1v) is 11.6.